The van der Waals surface area contributed by atoms with E-state index in [1.54, 1.807) is 12.1 Å². The quantitative estimate of drug-likeness (QED) is 0.903. The highest BCUT2D eigenvalue weighted by Gasteiger charge is 2.28. The Morgan fingerprint density at radius 2 is 2.35 bits per heavy atom. The molecule has 1 N–H and O–H groups in total. The van der Waals surface area contributed by atoms with Gasteiger partial charge in [0.2, 0.25) is 0 Å². The van der Waals surface area contributed by atoms with Crippen LogP contribution in [-0.2, 0) is 11.2 Å². The van der Waals surface area contributed by atoms with Gasteiger partial charge in [-0.25, -0.2) is 4.39 Å². The van der Waals surface area contributed by atoms with Gasteiger partial charge in [-0.05, 0) is 32.1 Å². The number of hydrogen-bond acceptors (Lipinski definition) is 3. The molecular weight excluding hydrogens is 279 g/mol. The normalized spacial score (nSPS) is 21.9. The molecule has 5 heteroatoms. The van der Waals surface area contributed by atoms with E-state index in [0.717, 1.165) is 26.2 Å². The molecule has 0 saturated carbocycles. The first-order valence-corrected chi connectivity index (χ1v) is 7.47. The molecule has 1 heterocycles. The van der Waals surface area contributed by atoms with Crippen molar-refractivity contribution >= 4 is 11.6 Å². The maximum Gasteiger partial charge on any atom is 0.127 e. The fourth-order valence-corrected chi connectivity index (χ4v) is 2.87. The lowest BCUT2D eigenvalue weighted by molar-refractivity contribution is -0.0437. The number of benzene rings is 1. The van der Waals surface area contributed by atoms with Crippen LogP contribution in [0.2, 0.25) is 5.02 Å². The topological polar surface area (TPSA) is 24.5 Å². The van der Waals surface area contributed by atoms with Crippen molar-refractivity contribution in [2.45, 2.75) is 25.5 Å². The summed E-state index contributed by atoms with van der Waals surface area (Å²) in [7, 11) is 1.88. The molecule has 0 aliphatic carbocycles. The van der Waals surface area contributed by atoms with E-state index in [1.807, 2.05) is 7.05 Å². The van der Waals surface area contributed by atoms with Gasteiger partial charge in [-0.2, -0.15) is 0 Å². The average Bonchev–Trinajstić information content (AvgIpc) is 2.47. The van der Waals surface area contributed by atoms with Crippen molar-refractivity contribution in [3.63, 3.8) is 0 Å². The summed E-state index contributed by atoms with van der Waals surface area (Å²) in [5.41, 5.74) is 0.561. The Morgan fingerprint density at radius 3 is 3.00 bits per heavy atom. The zero-order valence-corrected chi connectivity index (χ0v) is 12.8. The molecule has 2 atom stereocenters. The maximum atomic E-state index is 13.9. The molecule has 0 aromatic heterocycles. The van der Waals surface area contributed by atoms with Gasteiger partial charge in [0.05, 0.1) is 12.7 Å². The number of ether oxygens (including phenoxy) is 1. The zero-order valence-electron chi connectivity index (χ0n) is 12.0. The summed E-state index contributed by atoms with van der Waals surface area (Å²) in [6.45, 7) is 5.71. The van der Waals surface area contributed by atoms with Gasteiger partial charge in [0.15, 0.2) is 0 Å². The van der Waals surface area contributed by atoms with Crippen molar-refractivity contribution in [2.24, 2.45) is 0 Å². The molecule has 1 aromatic rings. The van der Waals surface area contributed by atoms with E-state index in [2.05, 4.69) is 17.1 Å². The Balaban J connectivity index is 2.08. The Morgan fingerprint density at radius 1 is 1.55 bits per heavy atom. The number of likely N-dealkylation sites (N-methyl/N-ethyl adjacent to an activating group) is 2. The van der Waals surface area contributed by atoms with Gasteiger partial charge in [0.1, 0.15) is 5.82 Å². The Hall–Kier alpha value is -0.680. The molecule has 1 aliphatic heterocycles. The number of halogens is 2. The summed E-state index contributed by atoms with van der Waals surface area (Å²) in [6, 6.07) is 4.87. The lowest BCUT2D eigenvalue weighted by Crippen LogP contribution is -2.52. The first-order chi connectivity index (χ1) is 9.65. The van der Waals surface area contributed by atoms with Crippen molar-refractivity contribution in [3.05, 3.63) is 34.6 Å². The van der Waals surface area contributed by atoms with Gasteiger partial charge in [0, 0.05) is 29.7 Å². The predicted molar refractivity (Wildman–Crippen MR) is 79.8 cm³/mol. The van der Waals surface area contributed by atoms with Gasteiger partial charge in [-0.1, -0.05) is 24.6 Å². The molecule has 1 saturated heterocycles. The van der Waals surface area contributed by atoms with E-state index in [4.69, 9.17) is 16.3 Å². The van der Waals surface area contributed by atoms with E-state index in [0.29, 0.717) is 17.0 Å². The molecule has 1 aliphatic rings. The Bertz CT molecular complexity index is 424. The van der Waals surface area contributed by atoms with E-state index >= 15 is 0 Å². The molecule has 112 valence electrons. The van der Waals surface area contributed by atoms with E-state index in [1.165, 1.54) is 6.07 Å². The molecule has 1 fully saturated rings. The van der Waals surface area contributed by atoms with Crippen LogP contribution < -0.4 is 5.32 Å². The SMILES string of the molecule is CCN1CCOC(C(Cc2c(F)cccc2Cl)NC)C1. The highest BCUT2D eigenvalue weighted by atomic mass is 35.5. The molecule has 0 spiro atoms. The fraction of sp³-hybridized carbons (Fsp3) is 0.600. The zero-order chi connectivity index (χ0) is 14.5. The molecule has 1 aromatic carbocycles. The van der Waals surface area contributed by atoms with Crippen LogP contribution in [0.15, 0.2) is 18.2 Å². The minimum Gasteiger partial charge on any atom is -0.374 e. The number of nitrogens with one attached hydrogen (secondary N) is 1. The molecule has 20 heavy (non-hydrogen) atoms. The van der Waals surface area contributed by atoms with Gasteiger partial charge in [-0.3, -0.25) is 4.90 Å². The molecule has 0 amide bonds. The van der Waals surface area contributed by atoms with E-state index in [9.17, 15) is 4.39 Å². The maximum absolute atomic E-state index is 13.9. The van der Waals surface area contributed by atoms with Crippen LogP contribution in [0.3, 0.4) is 0 Å². The predicted octanol–water partition coefficient (Wildman–Crippen LogP) is 2.33. The third kappa shape index (κ3) is 3.70. The Kier molecular flexibility index (Phi) is 5.78. The smallest absolute Gasteiger partial charge is 0.127 e. The lowest BCUT2D eigenvalue weighted by atomic mass is 9.99. The molecule has 3 nitrogen and oxygen atoms in total. The summed E-state index contributed by atoms with van der Waals surface area (Å²) >= 11 is 6.11. The highest BCUT2D eigenvalue weighted by molar-refractivity contribution is 6.31. The molecule has 0 bridgehead atoms. The summed E-state index contributed by atoms with van der Waals surface area (Å²) in [5.74, 6) is -0.249. The first kappa shape index (κ1) is 15.7. The van der Waals surface area contributed by atoms with Gasteiger partial charge in [-0.15, -0.1) is 0 Å². The van der Waals surface area contributed by atoms with Crippen molar-refractivity contribution in [1.82, 2.24) is 10.2 Å². The van der Waals surface area contributed by atoms with Crippen molar-refractivity contribution in [1.29, 1.82) is 0 Å². The molecule has 2 rings (SSSR count). The first-order valence-electron chi connectivity index (χ1n) is 7.09. The van der Waals surface area contributed by atoms with Gasteiger partial charge >= 0.3 is 0 Å². The van der Waals surface area contributed by atoms with Crippen molar-refractivity contribution in [2.75, 3.05) is 33.3 Å². The van der Waals surface area contributed by atoms with Crippen LogP contribution in [0.4, 0.5) is 4.39 Å². The summed E-state index contributed by atoms with van der Waals surface area (Å²) in [5, 5.41) is 3.72. The summed E-state index contributed by atoms with van der Waals surface area (Å²) in [4.78, 5) is 2.35. The lowest BCUT2D eigenvalue weighted by Gasteiger charge is -2.36. The molecule has 0 radical (unpaired) electrons. The monoisotopic (exact) mass is 300 g/mol. The number of rotatable bonds is 5. The summed E-state index contributed by atoms with van der Waals surface area (Å²) < 4.78 is 19.7. The van der Waals surface area contributed by atoms with Crippen LogP contribution >= 0.6 is 11.6 Å². The number of nitrogens with zero attached hydrogens (tertiary/aromatic N) is 1. The van der Waals surface area contributed by atoms with E-state index in [-0.39, 0.29) is 18.0 Å². The van der Waals surface area contributed by atoms with Crippen LogP contribution in [0, 0.1) is 5.82 Å². The third-order valence-electron chi connectivity index (χ3n) is 3.93. The minimum absolute atomic E-state index is 0.0544. The third-order valence-corrected chi connectivity index (χ3v) is 4.28. The van der Waals surface area contributed by atoms with E-state index < -0.39 is 0 Å². The Labute approximate surface area is 125 Å². The van der Waals surface area contributed by atoms with Crippen LogP contribution in [0.1, 0.15) is 12.5 Å². The van der Waals surface area contributed by atoms with Crippen LogP contribution in [-0.4, -0.2) is 50.3 Å². The second-order valence-electron chi connectivity index (χ2n) is 5.10. The summed E-state index contributed by atoms with van der Waals surface area (Å²) in [6.07, 6.45) is 0.592. The fourth-order valence-electron chi connectivity index (χ4n) is 2.63. The highest BCUT2D eigenvalue weighted by Crippen LogP contribution is 2.22. The largest absolute Gasteiger partial charge is 0.374 e. The van der Waals surface area contributed by atoms with Crippen LogP contribution in [0.5, 0.6) is 0 Å². The number of morpholine rings is 1. The molecule has 2 unspecified atom stereocenters. The molecular formula is C15H22ClFN2O. The van der Waals surface area contributed by atoms with Crippen LogP contribution in [0.25, 0.3) is 0 Å². The number of hydrogen-bond donors (Lipinski definition) is 1. The average molecular weight is 301 g/mol. The van der Waals surface area contributed by atoms with Gasteiger partial charge < -0.3 is 10.1 Å². The van der Waals surface area contributed by atoms with Crippen molar-refractivity contribution < 1.29 is 9.13 Å². The van der Waals surface area contributed by atoms with Crippen molar-refractivity contribution in [3.8, 4) is 0 Å². The van der Waals surface area contributed by atoms with Gasteiger partial charge in [0.25, 0.3) is 0 Å². The second kappa shape index (κ2) is 7.36. The second-order valence-corrected chi connectivity index (χ2v) is 5.51. The standard InChI is InChI=1S/C15H22ClFN2O/c1-3-19-7-8-20-15(10-19)14(18-2)9-11-12(16)5-4-6-13(11)17/h4-6,14-15,18H,3,7-10H2,1-2H3. The minimum atomic E-state index is -0.249.